The minimum absolute atomic E-state index is 0. The number of fused-ring (bicyclic) bond motifs is 2. The highest BCUT2D eigenvalue weighted by Gasteiger charge is 2.34. The normalized spacial score (nSPS) is 17.3. The molecule has 0 radical (unpaired) electrons. The number of nitrogens with zero attached hydrogens (tertiary/aromatic N) is 2. The second kappa shape index (κ2) is 9.75. The van der Waals surface area contributed by atoms with Gasteiger partial charge in [0.25, 0.3) is 5.91 Å². The molecule has 160 valence electrons. The van der Waals surface area contributed by atoms with Crippen molar-refractivity contribution in [3.63, 3.8) is 0 Å². The summed E-state index contributed by atoms with van der Waals surface area (Å²) in [5, 5.41) is 2.90. The van der Waals surface area contributed by atoms with Crippen molar-refractivity contribution < 1.29 is 33.3 Å². The number of halogens is 1. The fraction of sp³-hybridized carbons (Fsp3) is 0.375. The van der Waals surface area contributed by atoms with Crippen LogP contribution in [0, 0.1) is 0 Å². The first-order valence-electron chi connectivity index (χ1n) is 10.4. The Morgan fingerprint density at radius 3 is 2.63 bits per heavy atom. The molecule has 4 rings (SSSR count). The Balaban J connectivity index is 0.00000256. The first kappa shape index (κ1) is 23.2. The van der Waals surface area contributed by atoms with Crippen molar-refractivity contribution in [2.75, 3.05) is 38.1 Å². The van der Waals surface area contributed by atoms with Crippen molar-refractivity contribution in [2.45, 2.75) is 35.6 Å². The predicted molar refractivity (Wildman–Crippen MR) is 121 cm³/mol. The topological polar surface area (TPSA) is 32.3 Å². The highest BCUT2D eigenvalue weighted by atomic mass is 127. The Bertz CT molecular complexity index is 926. The zero-order chi connectivity index (χ0) is 20.4. The SMILES string of the molecule is C=CCNC(=O)c1ccc2c(c1)N(C(C)C[N+]1(C)CCCC1)c1ccccc1S2.[I-]. The molecule has 1 fully saturated rings. The first-order valence-corrected chi connectivity index (χ1v) is 11.3. The molecule has 6 heteroatoms. The van der Waals surface area contributed by atoms with E-state index in [4.69, 9.17) is 0 Å². The van der Waals surface area contributed by atoms with Crippen LogP contribution < -0.4 is 34.2 Å². The van der Waals surface area contributed by atoms with Crippen molar-refractivity contribution in [1.29, 1.82) is 0 Å². The van der Waals surface area contributed by atoms with Crippen LogP contribution in [0.2, 0.25) is 0 Å². The predicted octanol–water partition coefficient (Wildman–Crippen LogP) is 1.84. The molecule has 1 unspecified atom stereocenters. The summed E-state index contributed by atoms with van der Waals surface area (Å²) in [6.45, 7) is 10.1. The molecule has 4 nitrogen and oxygen atoms in total. The molecule has 2 aliphatic rings. The van der Waals surface area contributed by atoms with Gasteiger partial charge in [-0.15, -0.1) is 6.58 Å². The van der Waals surface area contributed by atoms with Crippen LogP contribution >= 0.6 is 11.8 Å². The van der Waals surface area contributed by atoms with Crippen LogP contribution in [-0.2, 0) is 0 Å². The molecule has 1 atom stereocenters. The number of benzene rings is 2. The van der Waals surface area contributed by atoms with Crippen LogP contribution in [0.5, 0.6) is 0 Å². The standard InChI is InChI=1S/C24H29N3OS.HI/c1-4-13-25-24(28)19-11-12-23-21(16-19)26(20-9-5-6-10-22(20)29-23)18(2)17-27(3)14-7-8-15-27;/h4-6,9-12,16,18H,1,7-8,13-15,17H2,2-3H3;1H. The number of hydrogen-bond acceptors (Lipinski definition) is 3. The minimum Gasteiger partial charge on any atom is -1.00 e. The van der Waals surface area contributed by atoms with Crippen LogP contribution in [0.4, 0.5) is 11.4 Å². The molecule has 0 bridgehead atoms. The van der Waals surface area contributed by atoms with E-state index >= 15 is 0 Å². The van der Waals surface area contributed by atoms with E-state index in [0.717, 1.165) is 16.7 Å². The summed E-state index contributed by atoms with van der Waals surface area (Å²) in [5.74, 6) is -0.0531. The Morgan fingerprint density at radius 1 is 1.20 bits per heavy atom. The van der Waals surface area contributed by atoms with E-state index in [1.165, 1.54) is 41.4 Å². The van der Waals surface area contributed by atoms with Gasteiger partial charge in [0.15, 0.2) is 0 Å². The molecule has 1 amide bonds. The van der Waals surface area contributed by atoms with Gasteiger partial charge >= 0.3 is 0 Å². The summed E-state index contributed by atoms with van der Waals surface area (Å²) in [5.41, 5.74) is 3.08. The molecule has 2 heterocycles. The van der Waals surface area contributed by atoms with Crippen LogP contribution in [-0.4, -0.2) is 49.7 Å². The maximum Gasteiger partial charge on any atom is 0.251 e. The lowest BCUT2D eigenvalue weighted by Crippen LogP contribution is -3.00. The average molecular weight is 535 g/mol. The third kappa shape index (κ3) is 4.70. The fourth-order valence-electron chi connectivity index (χ4n) is 4.67. The van der Waals surface area contributed by atoms with Gasteiger partial charge in [-0.2, -0.15) is 0 Å². The second-order valence-electron chi connectivity index (χ2n) is 8.43. The third-order valence-corrected chi connectivity index (χ3v) is 7.15. The summed E-state index contributed by atoms with van der Waals surface area (Å²) in [6.07, 6.45) is 4.34. The van der Waals surface area contributed by atoms with E-state index in [0.29, 0.717) is 18.2 Å². The summed E-state index contributed by atoms with van der Waals surface area (Å²) in [7, 11) is 2.38. The number of amides is 1. The van der Waals surface area contributed by atoms with E-state index in [1.54, 1.807) is 17.8 Å². The molecule has 0 spiro atoms. The second-order valence-corrected chi connectivity index (χ2v) is 9.51. The lowest BCUT2D eigenvalue weighted by molar-refractivity contribution is -0.898. The van der Waals surface area contributed by atoms with E-state index in [1.807, 2.05) is 6.07 Å². The Hall–Kier alpha value is -1.51. The smallest absolute Gasteiger partial charge is 0.251 e. The zero-order valence-electron chi connectivity index (χ0n) is 17.7. The van der Waals surface area contributed by atoms with Crippen LogP contribution in [0.3, 0.4) is 0 Å². The highest BCUT2D eigenvalue weighted by Crippen LogP contribution is 2.49. The zero-order valence-corrected chi connectivity index (χ0v) is 20.7. The molecule has 2 aromatic rings. The van der Waals surface area contributed by atoms with Gasteiger partial charge in [0.05, 0.1) is 44.1 Å². The molecule has 1 N–H and O–H groups in total. The number of rotatable bonds is 6. The molecule has 2 aromatic carbocycles. The van der Waals surface area contributed by atoms with Crippen molar-refractivity contribution in [1.82, 2.24) is 5.32 Å². The number of likely N-dealkylation sites (N-methyl/N-ethyl adjacent to an activating group) is 1. The van der Waals surface area contributed by atoms with Gasteiger partial charge in [-0.25, -0.2) is 0 Å². The number of anilines is 2. The molecule has 0 aromatic heterocycles. The Labute approximate surface area is 201 Å². The van der Waals surface area contributed by atoms with Crippen LogP contribution in [0.1, 0.15) is 30.1 Å². The van der Waals surface area contributed by atoms with Crippen LogP contribution in [0.25, 0.3) is 0 Å². The lowest BCUT2D eigenvalue weighted by Gasteiger charge is -2.41. The van der Waals surface area contributed by atoms with Crippen molar-refractivity contribution in [3.8, 4) is 0 Å². The van der Waals surface area contributed by atoms with Gasteiger partial charge in [0.1, 0.15) is 0 Å². The Morgan fingerprint density at radius 2 is 1.90 bits per heavy atom. The van der Waals surface area contributed by atoms with Crippen molar-refractivity contribution >= 4 is 29.0 Å². The third-order valence-electron chi connectivity index (χ3n) is 6.02. The summed E-state index contributed by atoms with van der Waals surface area (Å²) < 4.78 is 1.13. The number of hydrogen-bond donors (Lipinski definition) is 1. The number of carbonyl (C=O) groups is 1. The number of nitrogens with one attached hydrogen (secondary N) is 1. The molecule has 0 aliphatic carbocycles. The monoisotopic (exact) mass is 535 g/mol. The minimum atomic E-state index is -0.0531. The highest BCUT2D eigenvalue weighted by molar-refractivity contribution is 7.99. The van der Waals surface area contributed by atoms with E-state index < -0.39 is 0 Å². The average Bonchev–Trinajstić information content (AvgIpc) is 3.15. The van der Waals surface area contributed by atoms with E-state index in [2.05, 4.69) is 67.2 Å². The van der Waals surface area contributed by atoms with Crippen molar-refractivity contribution in [3.05, 3.63) is 60.7 Å². The summed E-state index contributed by atoms with van der Waals surface area (Å²) in [6, 6.07) is 15.0. The molecule has 2 aliphatic heterocycles. The molecule has 30 heavy (non-hydrogen) atoms. The van der Waals surface area contributed by atoms with Gasteiger partial charge in [-0.05, 0) is 37.3 Å². The van der Waals surface area contributed by atoms with Crippen molar-refractivity contribution in [2.24, 2.45) is 0 Å². The molecule has 1 saturated heterocycles. The fourth-order valence-corrected chi connectivity index (χ4v) is 5.72. The van der Waals surface area contributed by atoms with Gasteiger partial charge in [0, 0.05) is 34.7 Å². The van der Waals surface area contributed by atoms with Gasteiger partial charge < -0.3 is 38.7 Å². The Kier molecular flexibility index (Phi) is 7.52. The number of para-hydroxylation sites is 1. The maximum absolute atomic E-state index is 12.6. The van der Waals surface area contributed by atoms with Gasteiger partial charge in [-0.3, -0.25) is 4.79 Å². The molecular weight excluding hydrogens is 505 g/mol. The first-order chi connectivity index (χ1) is 14.0. The molecular formula is C24H30IN3OS. The van der Waals surface area contributed by atoms with E-state index in [9.17, 15) is 4.79 Å². The quantitative estimate of drug-likeness (QED) is 0.348. The van der Waals surface area contributed by atoms with E-state index in [-0.39, 0.29) is 29.9 Å². The lowest BCUT2D eigenvalue weighted by atomic mass is 10.1. The number of carbonyl (C=O) groups excluding carboxylic acids is 1. The number of likely N-dealkylation sites (tertiary alicyclic amines) is 1. The summed E-state index contributed by atoms with van der Waals surface area (Å²) in [4.78, 5) is 17.5. The molecule has 0 saturated carbocycles. The van der Waals surface area contributed by atoms with Crippen LogP contribution in [0.15, 0.2) is 64.9 Å². The van der Waals surface area contributed by atoms with Gasteiger partial charge in [-0.1, -0.05) is 30.0 Å². The maximum atomic E-state index is 12.6. The van der Waals surface area contributed by atoms with Gasteiger partial charge in [0.2, 0.25) is 0 Å². The largest absolute Gasteiger partial charge is 1.00 e. The number of quaternary nitrogens is 1. The summed E-state index contributed by atoms with van der Waals surface area (Å²) >= 11 is 1.79.